The van der Waals surface area contributed by atoms with Crippen molar-refractivity contribution < 1.29 is 18.8 Å². The van der Waals surface area contributed by atoms with E-state index in [1.165, 1.54) is 22.7 Å². The van der Waals surface area contributed by atoms with Crippen molar-refractivity contribution in [1.82, 2.24) is 20.7 Å². The van der Waals surface area contributed by atoms with Crippen LogP contribution in [0.25, 0.3) is 11.0 Å². The molecule has 2 N–H and O–H groups in total. The van der Waals surface area contributed by atoms with E-state index in [4.69, 9.17) is 4.42 Å². The number of thiophene rings is 1. The molecule has 0 radical (unpaired) electrons. The number of hydrogen-bond acceptors (Lipinski definition) is 7. The van der Waals surface area contributed by atoms with Gasteiger partial charge in [-0.25, -0.2) is 4.98 Å². The SMILES string of the molecule is Cc1ccc(C(=O)NNC(=O)c2csc(C3CCN(C(=O)c4cc5ccccc5o4)CC3)n2)s1. The molecule has 174 valence electrons. The molecule has 0 atom stereocenters. The number of hydrogen-bond donors (Lipinski definition) is 2. The van der Waals surface area contributed by atoms with E-state index in [0.717, 1.165) is 28.1 Å². The van der Waals surface area contributed by atoms with Crippen LogP contribution in [0.4, 0.5) is 0 Å². The lowest BCUT2D eigenvalue weighted by molar-refractivity contribution is 0.0683. The Bertz CT molecular complexity index is 1330. The van der Waals surface area contributed by atoms with Gasteiger partial charge in [-0.2, -0.15) is 0 Å². The second kappa shape index (κ2) is 9.40. The number of fused-ring (bicyclic) bond motifs is 1. The maximum absolute atomic E-state index is 12.9. The number of carbonyl (C=O) groups excluding carboxylic acids is 3. The molecule has 4 heterocycles. The molecule has 1 fully saturated rings. The topological polar surface area (TPSA) is 105 Å². The zero-order valence-corrected chi connectivity index (χ0v) is 20.0. The van der Waals surface area contributed by atoms with Crippen molar-refractivity contribution >= 4 is 51.4 Å². The van der Waals surface area contributed by atoms with Crippen molar-refractivity contribution in [3.63, 3.8) is 0 Å². The van der Waals surface area contributed by atoms with Gasteiger partial charge in [-0.3, -0.25) is 25.2 Å². The molecule has 5 rings (SSSR count). The number of thiazole rings is 1. The van der Waals surface area contributed by atoms with E-state index in [9.17, 15) is 14.4 Å². The van der Waals surface area contributed by atoms with Gasteiger partial charge in [0.05, 0.1) is 9.88 Å². The highest BCUT2D eigenvalue weighted by molar-refractivity contribution is 7.14. The second-order valence-electron chi connectivity index (χ2n) is 8.10. The van der Waals surface area contributed by atoms with Crippen LogP contribution in [0.15, 0.2) is 52.3 Å². The molecular formula is C24H22N4O4S2. The molecule has 34 heavy (non-hydrogen) atoms. The lowest BCUT2D eigenvalue weighted by atomic mass is 9.97. The number of furan rings is 1. The number of rotatable bonds is 4. The number of nitrogens with zero attached hydrogens (tertiary/aromatic N) is 2. The number of piperidine rings is 1. The fourth-order valence-electron chi connectivity index (χ4n) is 3.95. The number of likely N-dealkylation sites (tertiary alicyclic amines) is 1. The molecule has 1 aromatic carbocycles. The van der Waals surface area contributed by atoms with E-state index in [2.05, 4.69) is 15.8 Å². The summed E-state index contributed by atoms with van der Waals surface area (Å²) in [5.74, 6) is -0.391. The Kier molecular flexibility index (Phi) is 6.16. The van der Waals surface area contributed by atoms with Gasteiger partial charge in [0.25, 0.3) is 17.7 Å². The van der Waals surface area contributed by atoms with Crippen molar-refractivity contribution in [2.24, 2.45) is 0 Å². The number of benzene rings is 1. The van der Waals surface area contributed by atoms with Crippen molar-refractivity contribution in [2.45, 2.75) is 25.7 Å². The summed E-state index contributed by atoms with van der Waals surface area (Å²) in [6, 6.07) is 12.9. The summed E-state index contributed by atoms with van der Waals surface area (Å²) in [5.41, 5.74) is 5.82. The third-order valence-corrected chi connectivity index (χ3v) is 7.78. The predicted octanol–water partition coefficient (Wildman–Crippen LogP) is 4.35. The van der Waals surface area contributed by atoms with Gasteiger partial charge >= 0.3 is 0 Å². The minimum Gasteiger partial charge on any atom is -0.451 e. The van der Waals surface area contributed by atoms with E-state index in [0.29, 0.717) is 29.3 Å². The molecule has 4 aromatic rings. The standard InChI is InChI=1S/C24H22N4O4S2/c1-14-6-7-20(34-14)22(30)27-26-21(29)17-13-33-23(25-17)15-8-10-28(11-9-15)24(31)19-12-16-4-2-3-5-18(16)32-19/h2-7,12-13,15H,8-11H2,1H3,(H,26,29)(H,27,30). The van der Waals surface area contributed by atoms with Crippen LogP contribution in [0.5, 0.6) is 0 Å². The second-order valence-corrected chi connectivity index (χ2v) is 10.3. The maximum atomic E-state index is 12.9. The van der Waals surface area contributed by atoms with Crippen molar-refractivity contribution in [1.29, 1.82) is 0 Å². The number of para-hydroxylation sites is 1. The Morgan fingerprint density at radius 1 is 1.06 bits per heavy atom. The number of hydrazine groups is 1. The maximum Gasteiger partial charge on any atom is 0.289 e. The molecule has 0 bridgehead atoms. The molecule has 1 aliphatic heterocycles. The first-order valence-electron chi connectivity index (χ1n) is 10.9. The molecule has 1 saturated heterocycles. The number of aromatic nitrogens is 1. The molecule has 8 nitrogen and oxygen atoms in total. The van der Waals surface area contributed by atoms with Crippen LogP contribution in [-0.4, -0.2) is 40.7 Å². The zero-order valence-electron chi connectivity index (χ0n) is 18.4. The Hall–Kier alpha value is -3.50. The number of nitrogens with one attached hydrogen (secondary N) is 2. The summed E-state index contributed by atoms with van der Waals surface area (Å²) in [7, 11) is 0. The van der Waals surface area contributed by atoms with Crippen LogP contribution in [-0.2, 0) is 0 Å². The van der Waals surface area contributed by atoms with Gasteiger partial charge in [-0.15, -0.1) is 22.7 Å². The van der Waals surface area contributed by atoms with E-state index < -0.39 is 5.91 Å². The number of aryl methyl sites for hydroxylation is 1. The normalized spacial score (nSPS) is 14.3. The lowest BCUT2D eigenvalue weighted by Crippen LogP contribution is -2.41. The summed E-state index contributed by atoms with van der Waals surface area (Å²) in [4.78, 5) is 45.2. The Balaban J connectivity index is 1.15. The molecule has 0 spiro atoms. The average Bonchev–Trinajstić information content (AvgIpc) is 3.61. The largest absolute Gasteiger partial charge is 0.451 e. The van der Waals surface area contributed by atoms with Crippen LogP contribution in [0.2, 0.25) is 0 Å². The third-order valence-electron chi connectivity index (χ3n) is 5.78. The zero-order chi connectivity index (χ0) is 23.7. The fraction of sp³-hybridized carbons (Fsp3) is 0.250. The van der Waals surface area contributed by atoms with Gasteiger partial charge in [-0.1, -0.05) is 18.2 Å². The van der Waals surface area contributed by atoms with Crippen molar-refractivity contribution in [3.8, 4) is 0 Å². The van der Waals surface area contributed by atoms with E-state index in [-0.39, 0.29) is 23.4 Å². The van der Waals surface area contributed by atoms with E-state index in [1.807, 2.05) is 37.3 Å². The van der Waals surface area contributed by atoms with Gasteiger partial charge in [0, 0.05) is 34.7 Å². The van der Waals surface area contributed by atoms with Gasteiger partial charge in [0.15, 0.2) is 5.76 Å². The van der Waals surface area contributed by atoms with Crippen LogP contribution in [0, 0.1) is 6.92 Å². The molecule has 10 heteroatoms. The summed E-state index contributed by atoms with van der Waals surface area (Å²) >= 11 is 2.78. The third kappa shape index (κ3) is 4.59. The van der Waals surface area contributed by atoms with Crippen molar-refractivity contribution in [2.75, 3.05) is 13.1 Å². The Morgan fingerprint density at radius 3 is 2.56 bits per heavy atom. The first-order chi connectivity index (χ1) is 16.5. The first kappa shape index (κ1) is 22.3. The number of carbonyl (C=O) groups is 3. The predicted molar refractivity (Wildman–Crippen MR) is 130 cm³/mol. The van der Waals surface area contributed by atoms with Crippen molar-refractivity contribution in [3.05, 3.63) is 74.1 Å². The summed E-state index contributed by atoms with van der Waals surface area (Å²) in [6.45, 7) is 3.10. The molecule has 0 aliphatic carbocycles. The van der Waals surface area contributed by atoms with Gasteiger partial charge in [-0.05, 0) is 44.0 Å². The molecule has 3 aromatic heterocycles. The molecule has 0 unspecified atom stereocenters. The highest BCUT2D eigenvalue weighted by atomic mass is 32.1. The summed E-state index contributed by atoms with van der Waals surface area (Å²) in [5, 5.41) is 3.47. The smallest absolute Gasteiger partial charge is 0.289 e. The molecular weight excluding hydrogens is 472 g/mol. The van der Waals surface area contributed by atoms with E-state index >= 15 is 0 Å². The molecule has 1 aliphatic rings. The van der Waals surface area contributed by atoms with Crippen LogP contribution in [0.1, 0.15) is 59.4 Å². The average molecular weight is 495 g/mol. The highest BCUT2D eigenvalue weighted by Gasteiger charge is 2.28. The van der Waals surface area contributed by atoms with Crippen LogP contribution in [0.3, 0.4) is 0 Å². The van der Waals surface area contributed by atoms with Gasteiger partial charge < -0.3 is 9.32 Å². The van der Waals surface area contributed by atoms with E-state index in [1.54, 1.807) is 22.4 Å². The summed E-state index contributed by atoms with van der Waals surface area (Å²) in [6.07, 6.45) is 1.52. The summed E-state index contributed by atoms with van der Waals surface area (Å²) < 4.78 is 5.72. The van der Waals surface area contributed by atoms with Crippen LogP contribution < -0.4 is 10.9 Å². The quantitative estimate of drug-likeness (QED) is 0.411. The van der Waals surface area contributed by atoms with Gasteiger partial charge in [0.2, 0.25) is 0 Å². The molecule has 0 saturated carbocycles. The fourth-order valence-corrected chi connectivity index (χ4v) is 5.68. The number of amides is 3. The lowest BCUT2D eigenvalue weighted by Gasteiger charge is -2.30. The monoisotopic (exact) mass is 494 g/mol. The minimum absolute atomic E-state index is 0.106. The Morgan fingerprint density at radius 2 is 1.82 bits per heavy atom. The minimum atomic E-state index is -0.457. The highest BCUT2D eigenvalue weighted by Crippen LogP contribution is 2.31. The van der Waals surface area contributed by atoms with Crippen LogP contribution >= 0.6 is 22.7 Å². The first-order valence-corrected chi connectivity index (χ1v) is 12.6. The Labute approximate surface area is 203 Å². The van der Waals surface area contributed by atoms with Gasteiger partial charge in [0.1, 0.15) is 11.3 Å². The molecule has 3 amide bonds.